The number of carbonyl (C=O) groups excluding carboxylic acids is 1. The number of hydrogen-bond acceptors (Lipinski definition) is 2. The standard InChI is InChI=1S/C12H18N2O2/c1-2-3-4-5-8-13-12(16)10-6-7-11(15)14-9-10/h6-7,9H,2-5,8H2,1H3,(H,13,16)(H,14,15). The summed E-state index contributed by atoms with van der Waals surface area (Å²) in [6.45, 7) is 2.84. The van der Waals surface area contributed by atoms with Crippen LogP contribution in [0, 0.1) is 0 Å². The molecule has 1 aromatic rings. The van der Waals surface area contributed by atoms with Crippen molar-refractivity contribution in [2.75, 3.05) is 6.54 Å². The Balaban J connectivity index is 2.30. The van der Waals surface area contributed by atoms with E-state index in [4.69, 9.17) is 0 Å². The fourth-order valence-electron chi connectivity index (χ4n) is 1.41. The van der Waals surface area contributed by atoms with Gasteiger partial charge in [0, 0.05) is 18.8 Å². The molecule has 1 amide bonds. The molecule has 1 heterocycles. The van der Waals surface area contributed by atoms with Gasteiger partial charge in [0.15, 0.2) is 0 Å². The van der Waals surface area contributed by atoms with E-state index in [-0.39, 0.29) is 11.5 Å². The molecule has 0 spiro atoms. The van der Waals surface area contributed by atoms with Crippen molar-refractivity contribution >= 4 is 5.91 Å². The van der Waals surface area contributed by atoms with E-state index in [1.54, 1.807) is 0 Å². The molecule has 0 fully saturated rings. The van der Waals surface area contributed by atoms with Gasteiger partial charge in [-0.15, -0.1) is 0 Å². The molecule has 0 atom stereocenters. The van der Waals surface area contributed by atoms with E-state index in [1.165, 1.54) is 31.2 Å². The van der Waals surface area contributed by atoms with Crippen LogP contribution in [-0.4, -0.2) is 17.4 Å². The van der Waals surface area contributed by atoms with Gasteiger partial charge >= 0.3 is 0 Å². The van der Waals surface area contributed by atoms with Gasteiger partial charge in [-0.3, -0.25) is 9.59 Å². The molecule has 1 aromatic heterocycles. The Morgan fingerprint density at radius 1 is 1.31 bits per heavy atom. The molecule has 0 unspecified atom stereocenters. The summed E-state index contributed by atoms with van der Waals surface area (Å²) >= 11 is 0. The number of rotatable bonds is 6. The molecular formula is C12H18N2O2. The summed E-state index contributed by atoms with van der Waals surface area (Å²) in [4.78, 5) is 24.8. The lowest BCUT2D eigenvalue weighted by molar-refractivity contribution is 0.0952. The number of pyridine rings is 1. The van der Waals surface area contributed by atoms with Crippen molar-refractivity contribution in [1.29, 1.82) is 0 Å². The predicted molar refractivity (Wildman–Crippen MR) is 63.5 cm³/mol. The predicted octanol–water partition coefficient (Wildman–Crippen LogP) is 1.69. The largest absolute Gasteiger partial charge is 0.352 e. The fraction of sp³-hybridized carbons (Fsp3) is 0.500. The van der Waals surface area contributed by atoms with E-state index in [9.17, 15) is 9.59 Å². The Bertz CT molecular complexity index is 364. The smallest absolute Gasteiger partial charge is 0.252 e. The van der Waals surface area contributed by atoms with Gasteiger partial charge in [0.1, 0.15) is 0 Å². The third-order valence-corrected chi connectivity index (χ3v) is 2.36. The zero-order valence-corrected chi connectivity index (χ0v) is 9.58. The molecule has 0 aromatic carbocycles. The molecule has 88 valence electrons. The fourth-order valence-corrected chi connectivity index (χ4v) is 1.41. The monoisotopic (exact) mass is 222 g/mol. The summed E-state index contributed by atoms with van der Waals surface area (Å²) < 4.78 is 0. The third-order valence-electron chi connectivity index (χ3n) is 2.36. The van der Waals surface area contributed by atoms with Crippen molar-refractivity contribution in [3.63, 3.8) is 0 Å². The van der Waals surface area contributed by atoms with Crippen molar-refractivity contribution in [3.8, 4) is 0 Å². The summed E-state index contributed by atoms with van der Waals surface area (Å²) in [5.74, 6) is -0.132. The minimum Gasteiger partial charge on any atom is -0.352 e. The Labute approximate surface area is 95.1 Å². The number of nitrogens with one attached hydrogen (secondary N) is 2. The minimum atomic E-state index is -0.195. The van der Waals surface area contributed by atoms with Crippen LogP contribution in [0.1, 0.15) is 43.0 Å². The highest BCUT2D eigenvalue weighted by atomic mass is 16.1. The zero-order chi connectivity index (χ0) is 11.8. The average Bonchev–Trinajstić information content (AvgIpc) is 2.29. The second-order valence-electron chi connectivity index (χ2n) is 3.76. The Morgan fingerprint density at radius 3 is 2.75 bits per heavy atom. The quantitative estimate of drug-likeness (QED) is 0.719. The molecule has 0 aliphatic heterocycles. The molecule has 0 saturated carbocycles. The number of amides is 1. The SMILES string of the molecule is CCCCCCNC(=O)c1ccc(=O)[nH]c1. The molecule has 4 heteroatoms. The zero-order valence-electron chi connectivity index (χ0n) is 9.58. The number of aromatic amines is 1. The molecule has 2 N–H and O–H groups in total. The second-order valence-corrected chi connectivity index (χ2v) is 3.76. The van der Waals surface area contributed by atoms with Gasteiger partial charge < -0.3 is 10.3 Å². The summed E-state index contributed by atoms with van der Waals surface area (Å²) in [5.41, 5.74) is 0.301. The number of hydrogen-bond donors (Lipinski definition) is 2. The van der Waals surface area contributed by atoms with E-state index in [2.05, 4.69) is 17.2 Å². The van der Waals surface area contributed by atoms with Crippen LogP contribution in [0.25, 0.3) is 0 Å². The lowest BCUT2D eigenvalue weighted by atomic mass is 10.2. The van der Waals surface area contributed by atoms with Gasteiger partial charge in [0.25, 0.3) is 5.91 Å². The third kappa shape index (κ3) is 4.29. The summed E-state index contributed by atoms with van der Waals surface area (Å²) in [7, 11) is 0. The van der Waals surface area contributed by atoms with Gasteiger partial charge in [0.05, 0.1) is 5.56 Å². The number of carbonyl (C=O) groups is 1. The summed E-state index contributed by atoms with van der Waals surface area (Å²) in [5, 5.41) is 2.82. The number of aromatic nitrogens is 1. The summed E-state index contributed by atoms with van der Waals surface area (Å²) in [6.07, 6.45) is 5.97. The van der Waals surface area contributed by atoms with Crippen LogP contribution in [-0.2, 0) is 0 Å². The highest BCUT2D eigenvalue weighted by Crippen LogP contribution is 1.98. The molecule has 0 saturated heterocycles. The van der Waals surface area contributed by atoms with Gasteiger partial charge in [-0.25, -0.2) is 0 Å². The van der Waals surface area contributed by atoms with Crippen molar-refractivity contribution in [1.82, 2.24) is 10.3 Å². The van der Waals surface area contributed by atoms with Crippen LogP contribution in [0.3, 0.4) is 0 Å². The molecule has 0 aliphatic carbocycles. The maximum Gasteiger partial charge on any atom is 0.252 e. The average molecular weight is 222 g/mol. The highest BCUT2D eigenvalue weighted by Gasteiger charge is 2.03. The van der Waals surface area contributed by atoms with E-state index < -0.39 is 0 Å². The summed E-state index contributed by atoms with van der Waals surface area (Å²) in [6, 6.07) is 2.88. The maximum atomic E-state index is 11.6. The molecule has 0 radical (unpaired) electrons. The Kier molecular flexibility index (Phi) is 5.32. The minimum absolute atomic E-state index is 0.132. The van der Waals surface area contributed by atoms with Crippen molar-refractivity contribution in [2.24, 2.45) is 0 Å². The highest BCUT2D eigenvalue weighted by molar-refractivity contribution is 5.93. The van der Waals surface area contributed by atoms with E-state index in [0.29, 0.717) is 12.1 Å². The topological polar surface area (TPSA) is 62.0 Å². The van der Waals surface area contributed by atoms with Gasteiger partial charge in [-0.1, -0.05) is 26.2 Å². The second kappa shape index (κ2) is 6.82. The molecule has 4 nitrogen and oxygen atoms in total. The van der Waals surface area contributed by atoms with Crippen molar-refractivity contribution in [3.05, 3.63) is 34.2 Å². The molecule has 16 heavy (non-hydrogen) atoms. The van der Waals surface area contributed by atoms with E-state index >= 15 is 0 Å². The van der Waals surface area contributed by atoms with Crippen LogP contribution in [0.2, 0.25) is 0 Å². The first-order valence-electron chi connectivity index (χ1n) is 5.71. The van der Waals surface area contributed by atoms with E-state index in [0.717, 1.165) is 12.8 Å². The first-order chi connectivity index (χ1) is 7.74. The first-order valence-corrected chi connectivity index (χ1v) is 5.71. The van der Waals surface area contributed by atoms with Crippen LogP contribution >= 0.6 is 0 Å². The van der Waals surface area contributed by atoms with Crippen molar-refractivity contribution < 1.29 is 4.79 Å². The van der Waals surface area contributed by atoms with Crippen LogP contribution in [0.4, 0.5) is 0 Å². The van der Waals surface area contributed by atoms with Crippen molar-refractivity contribution in [2.45, 2.75) is 32.6 Å². The Hall–Kier alpha value is -1.58. The van der Waals surface area contributed by atoms with Gasteiger partial charge in [-0.05, 0) is 12.5 Å². The molecule has 0 bridgehead atoms. The maximum absolute atomic E-state index is 11.6. The van der Waals surface area contributed by atoms with Crippen LogP contribution in [0.5, 0.6) is 0 Å². The van der Waals surface area contributed by atoms with Gasteiger partial charge in [-0.2, -0.15) is 0 Å². The van der Waals surface area contributed by atoms with E-state index in [1.807, 2.05) is 0 Å². The molecule has 1 rings (SSSR count). The lowest BCUT2D eigenvalue weighted by Crippen LogP contribution is -2.25. The van der Waals surface area contributed by atoms with Crippen LogP contribution in [0.15, 0.2) is 23.1 Å². The van der Waals surface area contributed by atoms with Crippen LogP contribution < -0.4 is 10.9 Å². The first kappa shape index (κ1) is 12.5. The molecule has 0 aliphatic rings. The number of H-pyrrole nitrogens is 1. The number of unbranched alkanes of at least 4 members (excludes halogenated alkanes) is 3. The van der Waals surface area contributed by atoms with Gasteiger partial charge in [0.2, 0.25) is 5.56 Å². The lowest BCUT2D eigenvalue weighted by Gasteiger charge is -2.04. The normalized spacial score (nSPS) is 10.1. The Morgan fingerprint density at radius 2 is 2.12 bits per heavy atom. The molecular weight excluding hydrogens is 204 g/mol.